The van der Waals surface area contributed by atoms with Crippen molar-refractivity contribution in [3.63, 3.8) is 0 Å². The van der Waals surface area contributed by atoms with Gasteiger partial charge in [0.1, 0.15) is 0 Å². The molecule has 2 amide bonds. The van der Waals surface area contributed by atoms with Crippen molar-refractivity contribution in [2.75, 3.05) is 37.9 Å². The first-order valence-electron chi connectivity index (χ1n) is 10.4. The number of hydrogen-bond acceptors (Lipinski definition) is 5. The lowest BCUT2D eigenvalue weighted by atomic mass is 10.1. The molecule has 0 bridgehead atoms. The normalized spacial score (nSPS) is 11.0. The van der Waals surface area contributed by atoms with Crippen molar-refractivity contribution < 1.29 is 14.3 Å². The summed E-state index contributed by atoms with van der Waals surface area (Å²) in [5.74, 6) is -0.0463. The summed E-state index contributed by atoms with van der Waals surface area (Å²) >= 11 is 7.45. The smallest absolute Gasteiger partial charge is 0.253 e. The van der Waals surface area contributed by atoms with E-state index in [1.165, 1.54) is 11.8 Å². The number of fused-ring (bicyclic) bond motifs is 1. The van der Waals surface area contributed by atoms with E-state index in [1.54, 1.807) is 36.3 Å². The number of aromatic nitrogens is 2. The van der Waals surface area contributed by atoms with Crippen LogP contribution < -0.4 is 5.32 Å². The molecule has 1 heterocycles. The number of ether oxygens (including phenoxy) is 1. The molecule has 0 spiro atoms. The maximum atomic E-state index is 12.6. The number of carbonyl (C=O) groups excluding carboxylic acids is 2. The quantitative estimate of drug-likeness (QED) is 0.436. The minimum absolute atomic E-state index is 0.0500. The molecule has 0 aliphatic heterocycles. The number of benzene rings is 2. The Morgan fingerprint density at radius 3 is 2.69 bits per heavy atom. The summed E-state index contributed by atoms with van der Waals surface area (Å²) in [5.41, 5.74) is 2.86. The minimum Gasteiger partial charge on any atom is -0.383 e. The highest BCUT2D eigenvalue weighted by Gasteiger charge is 2.15. The number of anilines is 1. The highest BCUT2D eigenvalue weighted by Crippen LogP contribution is 2.26. The third-order valence-electron chi connectivity index (χ3n) is 4.97. The lowest BCUT2D eigenvalue weighted by molar-refractivity contribution is -0.113. The number of carbonyl (C=O) groups is 2. The first-order valence-corrected chi connectivity index (χ1v) is 11.8. The fraction of sp³-hybridized carbons (Fsp3) is 0.348. The molecule has 0 aliphatic carbocycles. The summed E-state index contributed by atoms with van der Waals surface area (Å²) < 4.78 is 7.24. The van der Waals surface area contributed by atoms with Crippen molar-refractivity contribution >= 4 is 51.9 Å². The third-order valence-corrected chi connectivity index (χ3v) is 6.18. The van der Waals surface area contributed by atoms with Crippen molar-refractivity contribution in [3.05, 3.63) is 53.1 Å². The van der Waals surface area contributed by atoms with Gasteiger partial charge in [-0.1, -0.05) is 29.4 Å². The maximum absolute atomic E-state index is 12.6. The molecule has 2 aromatic carbocycles. The predicted molar refractivity (Wildman–Crippen MR) is 130 cm³/mol. The van der Waals surface area contributed by atoms with Gasteiger partial charge in [-0.3, -0.25) is 9.59 Å². The first kappa shape index (κ1) is 24.1. The molecular formula is C23H27ClN4O3S. The van der Waals surface area contributed by atoms with Crippen molar-refractivity contribution in [1.29, 1.82) is 0 Å². The van der Waals surface area contributed by atoms with Gasteiger partial charge in [-0.15, -0.1) is 0 Å². The zero-order valence-electron chi connectivity index (χ0n) is 18.4. The topological polar surface area (TPSA) is 76.5 Å². The molecule has 0 saturated carbocycles. The van der Waals surface area contributed by atoms with Crippen LogP contribution in [-0.4, -0.2) is 58.8 Å². The van der Waals surface area contributed by atoms with Gasteiger partial charge < -0.3 is 19.5 Å². The first-order chi connectivity index (χ1) is 15.5. The van der Waals surface area contributed by atoms with Crippen molar-refractivity contribution in [1.82, 2.24) is 14.5 Å². The third kappa shape index (κ3) is 5.82. The number of rotatable bonds is 10. The summed E-state index contributed by atoms with van der Waals surface area (Å²) in [4.78, 5) is 31.5. The molecule has 9 heteroatoms. The average Bonchev–Trinajstić information content (AvgIpc) is 3.13. The van der Waals surface area contributed by atoms with Crippen LogP contribution in [-0.2, 0) is 16.1 Å². The van der Waals surface area contributed by atoms with Crippen LogP contribution in [0.2, 0.25) is 5.02 Å². The van der Waals surface area contributed by atoms with E-state index < -0.39 is 0 Å². The van der Waals surface area contributed by atoms with Gasteiger partial charge in [0.05, 0.1) is 23.4 Å². The molecule has 1 aromatic heterocycles. The Kier molecular flexibility index (Phi) is 8.55. The second-order valence-corrected chi connectivity index (χ2v) is 8.45. The van der Waals surface area contributed by atoms with Crippen LogP contribution in [0, 0.1) is 0 Å². The summed E-state index contributed by atoms with van der Waals surface area (Å²) in [7, 11) is 1.65. The predicted octanol–water partition coefficient (Wildman–Crippen LogP) is 4.55. The van der Waals surface area contributed by atoms with E-state index in [4.69, 9.17) is 16.3 Å². The van der Waals surface area contributed by atoms with E-state index in [0.29, 0.717) is 42.5 Å². The number of halogens is 1. The number of imidazole rings is 1. The number of amides is 2. The fourth-order valence-corrected chi connectivity index (χ4v) is 4.35. The number of hydrogen-bond donors (Lipinski definition) is 1. The molecule has 1 N–H and O–H groups in total. The number of nitrogens with zero attached hydrogens (tertiary/aromatic N) is 3. The zero-order valence-corrected chi connectivity index (χ0v) is 20.0. The van der Waals surface area contributed by atoms with E-state index in [9.17, 15) is 9.59 Å². The fourth-order valence-electron chi connectivity index (χ4n) is 3.34. The van der Waals surface area contributed by atoms with Crippen LogP contribution in [0.3, 0.4) is 0 Å². The Hall–Kier alpha value is -2.55. The Morgan fingerprint density at radius 1 is 1.19 bits per heavy atom. The maximum Gasteiger partial charge on any atom is 0.253 e. The molecule has 0 fully saturated rings. The van der Waals surface area contributed by atoms with Gasteiger partial charge in [0, 0.05) is 43.0 Å². The van der Waals surface area contributed by atoms with Crippen molar-refractivity contribution in [2.45, 2.75) is 25.5 Å². The van der Waals surface area contributed by atoms with E-state index in [0.717, 1.165) is 16.2 Å². The van der Waals surface area contributed by atoms with Crippen LogP contribution in [0.1, 0.15) is 24.2 Å². The van der Waals surface area contributed by atoms with Crippen LogP contribution in [0.5, 0.6) is 0 Å². The molecule has 7 nitrogen and oxygen atoms in total. The van der Waals surface area contributed by atoms with E-state index >= 15 is 0 Å². The van der Waals surface area contributed by atoms with Crippen molar-refractivity contribution in [2.24, 2.45) is 0 Å². The lowest BCUT2D eigenvalue weighted by Crippen LogP contribution is -2.30. The van der Waals surface area contributed by atoms with Gasteiger partial charge >= 0.3 is 0 Å². The molecule has 3 rings (SSSR count). The van der Waals surface area contributed by atoms with Gasteiger partial charge in [0.2, 0.25) is 5.91 Å². The molecule has 0 atom stereocenters. The Morgan fingerprint density at radius 2 is 1.97 bits per heavy atom. The molecule has 0 saturated heterocycles. The Balaban J connectivity index is 1.69. The highest BCUT2D eigenvalue weighted by molar-refractivity contribution is 7.99. The lowest BCUT2D eigenvalue weighted by Gasteiger charge is -2.19. The van der Waals surface area contributed by atoms with Crippen LogP contribution in [0.4, 0.5) is 5.69 Å². The molecule has 32 heavy (non-hydrogen) atoms. The molecule has 170 valence electrons. The molecule has 0 unspecified atom stereocenters. The monoisotopic (exact) mass is 474 g/mol. The summed E-state index contributed by atoms with van der Waals surface area (Å²) in [6.07, 6.45) is 0. The molecule has 3 aromatic rings. The number of thioether (sulfide) groups is 1. The van der Waals surface area contributed by atoms with E-state index in [2.05, 4.69) is 10.3 Å². The highest BCUT2D eigenvalue weighted by atomic mass is 35.5. The zero-order chi connectivity index (χ0) is 23.1. The van der Waals surface area contributed by atoms with Crippen LogP contribution >= 0.6 is 23.4 Å². The van der Waals surface area contributed by atoms with Crippen LogP contribution in [0.25, 0.3) is 11.0 Å². The van der Waals surface area contributed by atoms with Gasteiger partial charge in [0.25, 0.3) is 5.91 Å². The summed E-state index contributed by atoms with van der Waals surface area (Å²) in [6, 6.07) is 12.6. The molecule has 0 aliphatic rings. The summed E-state index contributed by atoms with van der Waals surface area (Å²) in [5, 5.41) is 4.21. The second-order valence-electron chi connectivity index (χ2n) is 7.07. The van der Waals surface area contributed by atoms with Crippen molar-refractivity contribution in [3.8, 4) is 0 Å². The SMILES string of the molecule is CCN(CC)C(=O)c1cccc(NC(=O)CSc2nc3cc(Cl)ccc3n2CCOC)c1. The van der Waals surface area contributed by atoms with Gasteiger partial charge in [-0.25, -0.2) is 4.98 Å². The number of nitrogens with one attached hydrogen (secondary N) is 1. The molecule has 0 radical (unpaired) electrons. The second kappa shape index (κ2) is 11.4. The average molecular weight is 475 g/mol. The number of methoxy groups -OCH3 is 1. The van der Waals surface area contributed by atoms with Gasteiger partial charge in [-0.05, 0) is 50.2 Å². The standard InChI is InChI=1S/C23H27ClN4O3S/c1-4-27(5-2)22(30)16-7-6-8-18(13-16)25-21(29)15-32-23-26-19-14-17(24)9-10-20(19)28(23)11-12-31-3/h6-10,13-14H,4-5,11-12,15H2,1-3H3,(H,25,29). The minimum atomic E-state index is -0.175. The van der Waals surface area contributed by atoms with E-state index in [1.807, 2.05) is 36.6 Å². The Bertz CT molecular complexity index is 1100. The molecular weight excluding hydrogens is 448 g/mol. The van der Waals surface area contributed by atoms with Crippen LogP contribution in [0.15, 0.2) is 47.6 Å². The summed E-state index contributed by atoms with van der Waals surface area (Å²) in [6.45, 7) is 6.31. The van der Waals surface area contributed by atoms with E-state index in [-0.39, 0.29) is 17.6 Å². The van der Waals surface area contributed by atoms with Gasteiger partial charge in [-0.2, -0.15) is 0 Å². The van der Waals surface area contributed by atoms with Gasteiger partial charge in [0.15, 0.2) is 5.16 Å². The largest absolute Gasteiger partial charge is 0.383 e. The Labute approximate surface area is 197 Å².